The molecular formula is C18H22FN3O3. The highest BCUT2D eigenvalue weighted by Gasteiger charge is 2.29. The standard InChI is InChI=1S/C18H22FN3O3/c1-11-20-15-5-4-12(19)8-14(15)17(24)22(11)10-16(23)21-13-6-7-25-18(2,3)9-13/h4-5,8,13H,6-7,9-10H2,1-3H3,(H,21,23)/t13-/m0/s1. The van der Waals surface area contributed by atoms with Crippen molar-refractivity contribution in [2.45, 2.75) is 51.8 Å². The molecule has 0 radical (unpaired) electrons. The number of nitrogens with one attached hydrogen (secondary N) is 1. The number of carbonyl (C=O) groups excluding carboxylic acids is 1. The van der Waals surface area contributed by atoms with Crippen LogP contribution >= 0.6 is 0 Å². The van der Waals surface area contributed by atoms with E-state index >= 15 is 0 Å². The van der Waals surface area contributed by atoms with Gasteiger partial charge in [-0.2, -0.15) is 0 Å². The smallest absolute Gasteiger partial charge is 0.261 e. The Morgan fingerprint density at radius 1 is 1.48 bits per heavy atom. The normalized spacial score (nSPS) is 19.8. The Labute approximate surface area is 145 Å². The number of nitrogens with zero attached hydrogens (tertiary/aromatic N) is 2. The van der Waals surface area contributed by atoms with Crippen molar-refractivity contribution in [2.75, 3.05) is 6.61 Å². The second-order valence-electron chi connectivity index (χ2n) is 7.08. The number of carbonyl (C=O) groups is 1. The van der Waals surface area contributed by atoms with Crippen LogP contribution < -0.4 is 10.9 Å². The number of benzene rings is 1. The Morgan fingerprint density at radius 3 is 2.96 bits per heavy atom. The van der Waals surface area contributed by atoms with Crippen molar-refractivity contribution in [1.82, 2.24) is 14.9 Å². The maximum atomic E-state index is 13.4. The van der Waals surface area contributed by atoms with Gasteiger partial charge < -0.3 is 10.1 Å². The summed E-state index contributed by atoms with van der Waals surface area (Å²) in [4.78, 5) is 29.3. The van der Waals surface area contributed by atoms with Crippen molar-refractivity contribution in [2.24, 2.45) is 0 Å². The van der Waals surface area contributed by atoms with E-state index in [1.54, 1.807) is 6.92 Å². The fourth-order valence-electron chi connectivity index (χ4n) is 3.26. The summed E-state index contributed by atoms with van der Waals surface area (Å²) in [5.74, 6) is -0.340. The van der Waals surface area contributed by atoms with Crippen LogP contribution in [0, 0.1) is 12.7 Å². The lowest BCUT2D eigenvalue weighted by Gasteiger charge is -2.35. The van der Waals surface area contributed by atoms with Crippen LogP contribution in [0.4, 0.5) is 4.39 Å². The van der Waals surface area contributed by atoms with Gasteiger partial charge in [-0.1, -0.05) is 0 Å². The maximum Gasteiger partial charge on any atom is 0.261 e. The van der Waals surface area contributed by atoms with Gasteiger partial charge in [0.15, 0.2) is 0 Å². The van der Waals surface area contributed by atoms with Gasteiger partial charge in [-0.05, 0) is 51.8 Å². The zero-order valence-electron chi connectivity index (χ0n) is 14.6. The van der Waals surface area contributed by atoms with E-state index in [9.17, 15) is 14.0 Å². The Kier molecular flexibility index (Phi) is 4.60. The highest BCUT2D eigenvalue weighted by molar-refractivity contribution is 5.79. The number of amides is 1. The zero-order chi connectivity index (χ0) is 18.2. The monoisotopic (exact) mass is 347 g/mol. The molecule has 134 valence electrons. The first-order valence-electron chi connectivity index (χ1n) is 8.35. The molecule has 1 aromatic heterocycles. The zero-order valence-corrected chi connectivity index (χ0v) is 14.6. The summed E-state index contributed by atoms with van der Waals surface area (Å²) >= 11 is 0. The number of halogens is 1. The summed E-state index contributed by atoms with van der Waals surface area (Å²) in [6, 6.07) is 3.89. The molecule has 2 heterocycles. The van der Waals surface area contributed by atoms with Gasteiger partial charge in [-0.25, -0.2) is 9.37 Å². The van der Waals surface area contributed by atoms with Gasteiger partial charge in [0.1, 0.15) is 18.2 Å². The maximum absolute atomic E-state index is 13.4. The molecule has 25 heavy (non-hydrogen) atoms. The highest BCUT2D eigenvalue weighted by Crippen LogP contribution is 2.23. The van der Waals surface area contributed by atoms with Gasteiger partial charge >= 0.3 is 0 Å². The summed E-state index contributed by atoms with van der Waals surface area (Å²) in [5, 5.41) is 3.13. The van der Waals surface area contributed by atoms with Crippen molar-refractivity contribution in [3.8, 4) is 0 Å². The first kappa shape index (κ1) is 17.5. The molecule has 7 heteroatoms. The molecule has 1 aliphatic heterocycles. The molecule has 3 rings (SSSR count). The molecule has 2 aromatic rings. The fourth-order valence-corrected chi connectivity index (χ4v) is 3.26. The van der Waals surface area contributed by atoms with Crippen LogP contribution in [0.15, 0.2) is 23.0 Å². The van der Waals surface area contributed by atoms with Crippen LogP contribution in [0.1, 0.15) is 32.5 Å². The molecule has 0 aliphatic carbocycles. The van der Waals surface area contributed by atoms with Crippen molar-refractivity contribution in [3.63, 3.8) is 0 Å². The summed E-state index contributed by atoms with van der Waals surface area (Å²) in [5.41, 5.74) is -0.262. The van der Waals surface area contributed by atoms with E-state index < -0.39 is 11.4 Å². The van der Waals surface area contributed by atoms with Crippen LogP contribution in [0.2, 0.25) is 0 Å². The van der Waals surface area contributed by atoms with E-state index in [1.165, 1.54) is 16.7 Å². The predicted octanol–water partition coefficient (Wildman–Crippen LogP) is 1.92. The minimum Gasteiger partial charge on any atom is -0.375 e. The molecule has 0 unspecified atom stereocenters. The number of hydrogen-bond acceptors (Lipinski definition) is 4. The Hall–Kier alpha value is -2.28. The predicted molar refractivity (Wildman–Crippen MR) is 91.9 cm³/mol. The summed E-state index contributed by atoms with van der Waals surface area (Å²) in [6.45, 7) is 6.09. The van der Waals surface area contributed by atoms with Crippen LogP contribution in [0.25, 0.3) is 10.9 Å². The minimum absolute atomic E-state index is 0.0121. The molecular weight excluding hydrogens is 325 g/mol. The van der Waals surface area contributed by atoms with Gasteiger partial charge in [0, 0.05) is 12.6 Å². The second-order valence-corrected chi connectivity index (χ2v) is 7.08. The van der Waals surface area contributed by atoms with E-state index in [4.69, 9.17) is 4.74 Å². The van der Waals surface area contributed by atoms with Gasteiger partial charge in [-0.3, -0.25) is 14.2 Å². The van der Waals surface area contributed by atoms with Crippen LogP contribution in [-0.2, 0) is 16.1 Å². The van der Waals surface area contributed by atoms with Crippen LogP contribution in [-0.4, -0.2) is 33.7 Å². The van der Waals surface area contributed by atoms with Gasteiger partial charge in [0.25, 0.3) is 5.56 Å². The van der Waals surface area contributed by atoms with E-state index in [0.717, 1.165) is 12.5 Å². The van der Waals surface area contributed by atoms with E-state index in [2.05, 4.69) is 10.3 Å². The van der Waals surface area contributed by atoms with E-state index in [0.29, 0.717) is 24.4 Å². The molecule has 0 bridgehead atoms. The molecule has 0 spiro atoms. The first-order valence-corrected chi connectivity index (χ1v) is 8.35. The molecule has 1 fully saturated rings. The highest BCUT2D eigenvalue weighted by atomic mass is 19.1. The molecule has 1 saturated heterocycles. The summed E-state index contributed by atoms with van der Waals surface area (Å²) in [7, 11) is 0. The number of fused-ring (bicyclic) bond motifs is 1. The minimum atomic E-state index is -0.504. The lowest BCUT2D eigenvalue weighted by molar-refractivity contribution is -0.124. The summed E-state index contributed by atoms with van der Waals surface area (Å²) in [6.07, 6.45) is 1.46. The average Bonchev–Trinajstić information content (AvgIpc) is 2.51. The Morgan fingerprint density at radius 2 is 2.24 bits per heavy atom. The lowest BCUT2D eigenvalue weighted by Crippen LogP contribution is -2.47. The Balaban J connectivity index is 1.80. The third-order valence-corrected chi connectivity index (χ3v) is 4.47. The average molecular weight is 347 g/mol. The van der Waals surface area contributed by atoms with Gasteiger partial charge in [0.2, 0.25) is 5.91 Å². The van der Waals surface area contributed by atoms with Gasteiger partial charge in [-0.15, -0.1) is 0 Å². The molecule has 6 nitrogen and oxygen atoms in total. The van der Waals surface area contributed by atoms with E-state index in [1.807, 2.05) is 13.8 Å². The Bertz CT molecular complexity index is 876. The number of aryl methyl sites for hydroxylation is 1. The fraction of sp³-hybridized carbons (Fsp3) is 0.500. The largest absolute Gasteiger partial charge is 0.375 e. The van der Waals surface area contributed by atoms with Crippen molar-refractivity contribution >= 4 is 16.8 Å². The van der Waals surface area contributed by atoms with Crippen LogP contribution in [0.5, 0.6) is 0 Å². The molecule has 0 saturated carbocycles. The number of rotatable bonds is 3. The number of aromatic nitrogens is 2. The number of hydrogen-bond donors (Lipinski definition) is 1. The number of ether oxygens (including phenoxy) is 1. The third-order valence-electron chi connectivity index (χ3n) is 4.47. The summed E-state index contributed by atoms with van der Waals surface area (Å²) < 4.78 is 20.3. The molecule has 1 N–H and O–H groups in total. The van der Waals surface area contributed by atoms with Crippen LogP contribution in [0.3, 0.4) is 0 Å². The second kappa shape index (κ2) is 6.55. The van der Waals surface area contributed by atoms with Gasteiger partial charge in [0.05, 0.1) is 16.5 Å². The van der Waals surface area contributed by atoms with Crippen molar-refractivity contribution in [1.29, 1.82) is 0 Å². The molecule has 1 aromatic carbocycles. The quantitative estimate of drug-likeness (QED) is 0.921. The lowest BCUT2D eigenvalue weighted by atomic mass is 9.94. The molecule has 1 atom stereocenters. The first-order chi connectivity index (χ1) is 11.7. The SMILES string of the molecule is Cc1nc2ccc(F)cc2c(=O)n1CC(=O)N[C@H]1CCOC(C)(C)C1. The molecule has 1 amide bonds. The third kappa shape index (κ3) is 3.87. The van der Waals surface area contributed by atoms with Crippen molar-refractivity contribution < 1.29 is 13.9 Å². The molecule has 1 aliphatic rings. The van der Waals surface area contributed by atoms with E-state index in [-0.39, 0.29) is 29.5 Å². The topological polar surface area (TPSA) is 73.2 Å². The van der Waals surface area contributed by atoms with Crippen molar-refractivity contribution in [3.05, 3.63) is 40.2 Å².